The largest absolute Gasteiger partial charge is 0.507 e. The lowest BCUT2D eigenvalue weighted by Crippen LogP contribution is -2.34. The van der Waals surface area contributed by atoms with Crippen LogP contribution in [0.2, 0.25) is 0 Å². The monoisotopic (exact) mass is 366 g/mol. The molecule has 1 atom stereocenters. The lowest BCUT2D eigenvalue weighted by Gasteiger charge is -2.31. The number of hydrogen-bond acceptors (Lipinski definition) is 3. The van der Waals surface area contributed by atoms with Crippen LogP contribution in [0, 0.1) is 0 Å². The summed E-state index contributed by atoms with van der Waals surface area (Å²) in [5.74, 6) is -0.429. The summed E-state index contributed by atoms with van der Waals surface area (Å²) in [6, 6.07) is 3.94. The van der Waals surface area contributed by atoms with Crippen molar-refractivity contribution < 1.29 is 15.0 Å². The molecule has 2 N–H and O–H groups in total. The first-order valence-corrected chi connectivity index (χ1v) is 9.90. The van der Waals surface area contributed by atoms with E-state index in [1.165, 1.54) is 11.8 Å². The van der Waals surface area contributed by atoms with Crippen molar-refractivity contribution >= 4 is 17.7 Å². The Kier molecular flexibility index (Phi) is 6.66. The Balaban J connectivity index is 3.57. The number of aromatic hydroxyl groups is 1. The van der Waals surface area contributed by atoms with E-state index >= 15 is 0 Å². The fourth-order valence-electron chi connectivity index (χ4n) is 3.04. The molecule has 1 rings (SSSR count). The van der Waals surface area contributed by atoms with Crippen LogP contribution in [0.15, 0.2) is 17.0 Å². The molecular weight excluding hydrogens is 332 g/mol. The minimum atomic E-state index is -0.823. The second-order valence-corrected chi connectivity index (χ2v) is 10.3. The van der Waals surface area contributed by atoms with Gasteiger partial charge in [-0.05, 0) is 35.8 Å². The highest BCUT2D eigenvalue weighted by molar-refractivity contribution is 8.01. The number of phenolic OH excluding ortho intramolecular Hbond substituents is 1. The van der Waals surface area contributed by atoms with Gasteiger partial charge in [0.2, 0.25) is 0 Å². The van der Waals surface area contributed by atoms with E-state index in [-0.39, 0.29) is 10.8 Å². The van der Waals surface area contributed by atoms with Gasteiger partial charge in [-0.25, -0.2) is 0 Å². The van der Waals surface area contributed by atoms with Crippen LogP contribution in [0.1, 0.15) is 85.8 Å². The molecule has 0 aliphatic carbocycles. The molecule has 3 nitrogen and oxygen atoms in total. The second kappa shape index (κ2) is 7.61. The van der Waals surface area contributed by atoms with Crippen molar-refractivity contribution in [2.24, 2.45) is 0 Å². The minimum absolute atomic E-state index is 0.219. The number of rotatable bonds is 6. The minimum Gasteiger partial charge on any atom is -0.507 e. The Morgan fingerprint density at radius 1 is 1.00 bits per heavy atom. The van der Waals surface area contributed by atoms with Crippen molar-refractivity contribution in [3.8, 4) is 5.75 Å². The van der Waals surface area contributed by atoms with E-state index in [1.54, 1.807) is 0 Å². The normalized spacial score (nSPS) is 15.0. The lowest BCUT2D eigenvalue weighted by molar-refractivity contribution is -0.140. The van der Waals surface area contributed by atoms with Crippen LogP contribution in [0.25, 0.3) is 0 Å². The van der Waals surface area contributed by atoms with Gasteiger partial charge in [0.15, 0.2) is 0 Å². The predicted octanol–water partition coefficient (Wildman–Crippen LogP) is 6.11. The molecule has 142 valence electrons. The summed E-state index contributed by atoms with van der Waals surface area (Å²) >= 11 is 1.43. The van der Waals surface area contributed by atoms with E-state index in [0.29, 0.717) is 18.6 Å². The molecule has 0 saturated heterocycles. The second-order valence-electron chi connectivity index (χ2n) is 8.87. The molecule has 0 amide bonds. The zero-order valence-electron chi connectivity index (χ0n) is 17.0. The molecule has 0 aliphatic rings. The van der Waals surface area contributed by atoms with E-state index in [1.807, 2.05) is 26.0 Å². The van der Waals surface area contributed by atoms with Crippen molar-refractivity contribution in [1.29, 1.82) is 0 Å². The van der Waals surface area contributed by atoms with Gasteiger partial charge in [-0.3, -0.25) is 4.79 Å². The number of carboxylic acid groups (broad SMARTS) is 1. The molecule has 0 aliphatic heterocycles. The van der Waals surface area contributed by atoms with Crippen LogP contribution >= 0.6 is 11.8 Å². The Hall–Kier alpha value is -1.16. The first-order chi connectivity index (χ1) is 11.3. The number of hydrogen-bond donors (Lipinski definition) is 2. The van der Waals surface area contributed by atoms with Gasteiger partial charge in [-0.2, -0.15) is 0 Å². The van der Waals surface area contributed by atoms with E-state index in [9.17, 15) is 15.0 Å². The van der Waals surface area contributed by atoms with Crippen LogP contribution in [-0.4, -0.2) is 20.9 Å². The molecule has 1 aromatic carbocycles. The van der Waals surface area contributed by atoms with Gasteiger partial charge in [0.1, 0.15) is 10.5 Å². The molecule has 4 heteroatoms. The quantitative estimate of drug-likeness (QED) is 0.596. The standard InChI is InChI=1S/C21H34O3S/c1-9-11-21(10-2,18(23)24)25-14-12-15(19(3,4)5)17(22)16(13-14)20(6,7)8/h12-13,22H,9-11H2,1-8H3,(H,23,24). The van der Waals surface area contributed by atoms with Crippen molar-refractivity contribution in [3.63, 3.8) is 0 Å². The highest BCUT2D eigenvalue weighted by atomic mass is 32.2. The van der Waals surface area contributed by atoms with Crippen molar-refractivity contribution in [3.05, 3.63) is 23.3 Å². The predicted molar refractivity (Wildman–Crippen MR) is 107 cm³/mol. The molecule has 0 heterocycles. The zero-order chi connectivity index (χ0) is 19.6. The summed E-state index contributed by atoms with van der Waals surface area (Å²) in [6.07, 6.45) is 2.01. The fourth-order valence-corrected chi connectivity index (χ4v) is 4.38. The lowest BCUT2D eigenvalue weighted by atomic mass is 9.79. The highest BCUT2D eigenvalue weighted by Crippen LogP contribution is 2.46. The molecule has 0 bridgehead atoms. The average molecular weight is 367 g/mol. The molecule has 0 spiro atoms. The highest BCUT2D eigenvalue weighted by Gasteiger charge is 2.38. The molecule has 0 fully saturated rings. The Morgan fingerprint density at radius 2 is 1.44 bits per heavy atom. The van der Waals surface area contributed by atoms with Gasteiger partial charge in [0.05, 0.1) is 0 Å². The van der Waals surface area contributed by atoms with Crippen molar-refractivity contribution in [2.75, 3.05) is 0 Å². The van der Waals surface area contributed by atoms with Crippen LogP contribution in [0.3, 0.4) is 0 Å². The van der Waals surface area contributed by atoms with Crippen LogP contribution in [-0.2, 0) is 15.6 Å². The Morgan fingerprint density at radius 3 is 1.72 bits per heavy atom. The number of carboxylic acids is 1. The van der Waals surface area contributed by atoms with Gasteiger partial charge in [0, 0.05) is 16.0 Å². The van der Waals surface area contributed by atoms with Gasteiger partial charge in [-0.1, -0.05) is 61.8 Å². The summed E-state index contributed by atoms with van der Waals surface area (Å²) < 4.78 is -0.823. The third kappa shape index (κ3) is 4.93. The van der Waals surface area contributed by atoms with Crippen LogP contribution in [0.5, 0.6) is 5.75 Å². The number of aliphatic carboxylic acids is 1. The van der Waals surface area contributed by atoms with Gasteiger partial charge < -0.3 is 10.2 Å². The Bertz CT molecular complexity index is 588. The molecule has 25 heavy (non-hydrogen) atoms. The van der Waals surface area contributed by atoms with Gasteiger partial charge in [0.25, 0.3) is 0 Å². The third-order valence-corrected chi connectivity index (χ3v) is 6.16. The Labute approximate surface area is 157 Å². The molecule has 1 unspecified atom stereocenters. The van der Waals surface area contributed by atoms with Crippen LogP contribution < -0.4 is 0 Å². The summed E-state index contributed by atoms with van der Waals surface area (Å²) in [5.41, 5.74) is 1.30. The maximum Gasteiger partial charge on any atom is 0.320 e. The van der Waals surface area contributed by atoms with Crippen molar-refractivity contribution in [1.82, 2.24) is 0 Å². The van der Waals surface area contributed by atoms with Crippen molar-refractivity contribution in [2.45, 2.75) is 95.1 Å². The number of carbonyl (C=O) groups is 1. The van der Waals surface area contributed by atoms with E-state index in [4.69, 9.17) is 0 Å². The fraction of sp³-hybridized carbons (Fsp3) is 0.667. The summed E-state index contributed by atoms with van der Waals surface area (Å²) in [4.78, 5) is 12.9. The molecular formula is C21H34O3S. The molecule has 0 radical (unpaired) electrons. The number of thioether (sulfide) groups is 1. The summed E-state index contributed by atoms with van der Waals surface area (Å²) in [5, 5.41) is 20.7. The van der Waals surface area contributed by atoms with E-state index in [2.05, 4.69) is 41.5 Å². The summed E-state index contributed by atoms with van der Waals surface area (Å²) in [6.45, 7) is 16.4. The van der Waals surface area contributed by atoms with Gasteiger partial charge >= 0.3 is 5.97 Å². The molecule has 1 aromatic rings. The van der Waals surface area contributed by atoms with Crippen LogP contribution in [0.4, 0.5) is 0 Å². The summed E-state index contributed by atoms with van der Waals surface area (Å²) in [7, 11) is 0. The first-order valence-electron chi connectivity index (χ1n) is 9.09. The zero-order valence-corrected chi connectivity index (χ0v) is 17.8. The van der Waals surface area contributed by atoms with E-state index < -0.39 is 10.7 Å². The topological polar surface area (TPSA) is 57.5 Å². The van der Waals surface area contributed by atoms with E-state index in [0.717, 1.165) is 22.4 Å². The smallest absolute Gasteiger partial charge is 0.320 e. The molecule has 0 aromatic heterocycles. The molecule has 0 saturated carbocycles. The SMILES string of the molecule is CCCC(CC)(Sc1cc(C(C)(C)C)c(O)c(C(C)(C)C)c1)C(=O)O. The maximum atomic E-state index is 12.0. The third-order valence-electron chi connectivity index (χ3n) is 4.63. The number of benzene rings is 1. The average Bonchev–Trinajstić information content (AvgIpc) is 2.45. The van der Waals surface area contributed by atoms with Gasteiger partial charge in [-0.15, -0.1) is 11.8 Å². The number of phenols is 1. The maximum absolute atomic E-state index is 12.0. The first kappa shape index (κ1) is 21.9.